The fourth-order valence-electron chi connectivity index (χ4n) is 2.98. The fraction of sp³-hybridized carbons (Fsp3) is 0.286. The van der Waals surface area contributed by atoms with Gasteiger partial charge in [0.25, 0.3) is 5.91 Å². The van der Waals surface area contributed by atoms with E-state index in [2.05, 4.69) is 10.6 Å². The second-order valence-electron chi connectivity index (χ2n) is 6.38. The van der Waals surface area contributed by atoms with E-state index >= 15 is 0 Å². The molecule has 0 aromatic heterocycles. The smallest absolute Gasteiger partial charge is 0.251 e. The maximum atomic E-state index is 12.2. The summed E-state index contributed by atoms with van der Waals surface area (Å²) in [7, 11) is 0. The minimum atomic E-state index is -0.346. The molecule has 0 spiro atoms. The van der Waals surface area contributed by atoms with Gasteiger partial charge in [-0.1, -0.05) is 0 Å². The van der Waals surface area contributed by atoms with Crippen molar-refractivity contribution >= 4 is 29.1 Å². The van der Waals surface area contributed by atoms with E-state index in [1.165, 1.54) is 0 Å². The van der Waals surface area contributed by atoms with Gasteiger partial charge in [-0.15, -0.1) is 0 Å². The maximum absolute atomic E-state index is 12.2. The standard InChI is InChI=1S/C21H23N3O4/c1-2-28-18-11-7-16(8-12-18)23-19(25)14-22-21(27)15-5-9-17(10-6-15)24-13-3-4-20(24)26/h5-12H,2-4,13-14H2,1H3,(H,22,27)(H,23,25). The minimum Gasteiger partial charge on any atom is -0.494 e. The Morgan fingerprint density at radius 3 is 2.39 bits per heavy atom. The summed E-state index contributed by atoms with van der Waals surface area (Å²) in [5.41, 5.74) is 1.85. The molecule has 28 heavy (non-hydrogen) atoms. The lowest BCUT2D eigenvalue weighted by atomic mass is 10.2. The van der Waals surface area contributed by atoms with E-state index in [0.717, 1.165) is 17.9 Å². The molecule has 7 heteroatoms. The zero-order chi connectivity index (χ0) is 19.9. The molecule has 1 saturated heterocycles. The van der Waals surface area contributed by atoms with E-state index in [1.807, 2.05) is 6.92 Å². The van der Waals surface area contributed by atoms with Gasteiger partial charge in [-0.3, -0.25) is 14.4 Å². The van der Waals surface area contributed by atoms with Crippen molar-refractivity contribution in [2.45, 2.75) is 19.8 Å². The Balaban J connectivity index is 1.49. The number of nitrogens with zero attached hydrogens (tertiary/aromatic N) is 1. The van der Waals surface area contributed by atoms with Crippen molar-refractivity contribution in [3.8, 4) is 5.75 Å². The number of nitrogens with one attached hydrogen (secondary N) is 2. The largest absolute Gasteiger partial charge is 0.494 e. The first-order valence-corrected chi connectivity index (χ1v) is 9.28. The molecular formula is C21H23N3O4. The van der Waals surface area contributed by atoms with Crippen LogP contribution < -0.4 is 20.3 Å². The topological polar surface area (TPSA) is 87.7 Å². The summed E-state index contributed by atoms with van der Waals surface area (Å²) in [5, 5.41) is 5.31. The van der Waals surface area contributed by atoms with Gasteiger partial charge < -0.3 is 20.3 Å². The highest BCUT2D eigenvalue weighted by Crippen LogP contribution is 2.21. The third kappa shape index (κ3) is 4.88. The van der Waals surface area contributed by atoms with E-state index < -0.39 is 0 Å². The van der Waals surface area contributed by atoms with Gasteiger partial charge in [0.05, 0.1) is 13.2 Å². The third-order valence-corrected chi connectivity index (χ3v) is 4.37. The van der Waals surface area contributed by atoms with Crippen LogP contribution in [0.25, 0.3) is 0 Å². The first kappa shape index (κ1) is 19.4. The fourth-order valence-corrected chi connectivity index (χ4v) is 2.98. The van der Waals surface area contributed by atoms with Crippen LogP contribution in [0.4, 0.5) is 11.4 Å². The second kappa shape index (κ2) is 9.03. The normalized spacial score (nSPS) is 13.3. The molecule has 1 aliphatic rings. The number of hydrogen-bond donors (Lipinski definition) is 2. The quantitative estimate of drug-likeness (QED) is 0.772. The number of anilines is 2. The van der Waals surface area contributed by atoms with Gasteiger partial charge in [0.15, 0.2) is 0 Å². The molecule has 0 unspecified atom stereocenters. The summed E-state index contributed by atoms with van der Waals surface area (Å²) in [5.74, 6) is 0.161. The number of rotatable bonds is 7. The number of carbonyl (C=O) groups is 3. The van der Waals surface area contributed by atoms with Crippen molar-refractivity contribution in [3.05, 3.63) is 54.1 Å². The number of ether oxygens (including phenoxy) is 1. The summed E-state index contributed by atoms with van der Waals surface area (Å²) in [6.45, 7) is 3.04. The van der Waals surface area contributed by atoms with Crippen molar-refractivity contribution < 1.29 is 19.1 Å². The van der Waals surface area contributed by atoms with Gasteiger partial charge >= 0.3 is 0 Å². The Morgan fingerprint density at radius 1 is 1.07 bits per heavy atom. The monoisotopic (exact) mass is 381 g/mol. The maximum Gasteiger partial charge on any atom is 0.251 e. The van der Waals surface area contributed by atoms with Crippen molar-refractivity contribution in [2.24, 2.45) is 0 Å². The van der Waals surface area contributed by atoms with Crippen LogP contribution in [-0.2, 0) is 9.59 Å². The molecule has 1 fully saturated rings. The molecule has 2 aromatic rings. The Bertz CT molecular complexity index is 847. The lowest BCUT2D eigenvalue weighted by Gasteiger charge is -2.15. The molecule has 7 nitrogen and oxygen atoms in total. The number of hydrogen-bond acceptors (Lipinski definition) is 4. The van der Waals surface area contributed by atoms with Crippen molar-refractivity contribution in [2.75, 3.05) is 29.9 Å². The van der Waals surface area contributed by atoms with Gasteiger partial charge in [-0.2, -0.15) is 0 Å². The van der Waals surface area contributed by atoms with Crippen molar-refractivity contribution in [1.29, 1.82) is 0 Å². The summed E-state index contributed by atoms with van der Waals surface area (Å²) >= 11 is 0. The SMILES string of the molecule is CCOc1ccc(NC(=O)CNC(=O)c2ccc(N3CCCC3=O)cc2)cc1. The van der Waals surface area contributed by atoms with Gasteiger partial charge in [0, 0.05) is 29.9 Å². The molecule has 1 heterocycles. The van der Waals surface area contributed by atoms with Crippen LogP contribution in [0.15, 0.2) is 48.5 Å². The van der Waals surface area contributed by atoms with Gasteiger partial charge in [-0.05, 0) is 61.9 Å². The second-order valence-corrected chi connectivity index (χ2v) is 6.38. The van der Waals surface area contributed by atoms with Crippen LogP contribution in [-0.4, -0.2) is 37.4 Å². The van der Waals surface area contributed by atoms with E-state index in [4.69, 9.17) is 4.74 Å². The molecule has 146 valence electrons. The molecule has 2 N–H and O–H groups in total. The van der Waals surface area contributed by atoms with Crippen LogP contribution in [0.2, 0.25) is 0 Å². The zero-order valence-electron chi connectivity index (χ0n) is 15.7. The van der Waals surface area contributed by atoms with E-state index in [0.29, 0.717) is 30.8 Å². The predicted molar refractivity (Wildman–Crippen MR) is 107 cm³/mol. The van der Waals surface area contributed by atoms with Crippen LogP contribution in [0.5, 0.6) is 5.75 Å². The first-order valence-electron chi connectivity index (χ1n) is 9.28. The summed E-state index contributed by atoms with van der Waals surface area (Å²) in [6, 6.07) is 13.8. The highest BCUT2D eigenvalue weighted by atomic mass is 16.5. The third-order valence-electron chi connectivity index (χ3n) is 4.37. The van der Waals surface area contributed by atoms with Crippen LogP contribution in [0.3, 0.4) is 0 Å². The van der Waals surface area contributed by atoms with Crippen LogP contribution >= 0.6 is 0 Å². The lowest BCUT2D eigenvalue weighted by Crippen LogP contribution is -2.32. The minimum absolute atomic E-state index is 0.100. The Labute approximate surface area is 163 Å². The van der Waals surface area contributed by atoms with Crippen molar-refractivity contribution in [3.63, 3.8) is 0 Å². The lowest BCUT2D eigenvalue weighted by molar-refractivity contribution is -0.117. The molecule has 0 atom stereocenters. The molecule has 3 rings (SSSR count). The van der Waals surface area contributed by atoms with E-state index in [-0.39, 0.29) is 24.3 Å². The molecule has 0 saturated carbocycles. The molecular weight excluding hydrogens is 358 g/mol. The zero-order valence-corrected chi connectivity index (χ0v) is 15.7. The van der Waals surface area contributed by atoms with Crippen molar-refractivity contribution in [1.82, 2.24) is 5.32 Å². The molecule has 2 aromatic carbocycles. The highest BCUT2D eigenvalue weighted by molar-refractivity contribution is 6.00. The summed E-state index contributed by atoms with van der Waals surface area (Å²) in [4.78, 5) is 37.7. The Hall–Kier alpha value is -3.35. The Kier molecular flexibility index (Phi) is 6.26. The van der Waals surface area contributed by atoms with E-state index in [9.17, 15) is 14.4 Å². The number of benzene rings is 2. The van der Waals surface area contributed by atoms with Crippen LogP contribution in [0.1, 0.15) is 30.1 Å². The van der Waals surface area contributed by atoms with E-state index in [1.54, 1.807) is 53.4 Å². The summed E-state index contributed by atoms with van der Waals surface area (Å²) < 4.78 is 5.35. The first-order chi connectivity index (χ1) is 13.6. The molecule has 0 radical (unpaired) electrons. The predicted octanol–water partition coefficient (Wildman–Crippen LogP) is 2.58. The van der Waals surface area contributed by atoms with Gasteiger partial charge in [-0.25, -0.2) is 0 Å². The number of carbonyl (C=O) groups excluding carboxylic acids is 3. The average Bonchev–Trinajstić information content (AvgIpc) is 3.14. The highest BCUT2D eigenvalue weighted by Gasteiger charge is 2.21. The average molecular weight is 381 g/mol. The molecule has 0 aliphatic carbocycles. The molecule has 1 aliphatic heterocycles. The van der Waals surface area contributed by atoms with Crippen LogP contribution in [0, 0.1) is 0 Å². The Morgan fingerprint density at radius 2 is 1.79 bits per heavy atom. The molecule has 3 amide bonds. The van der Waals surface area contributed by atoms with Gasteiger partial charge in [0.2, 0.25) is 11.8 Å². The number of amides is 3. The van der Waals surface area contributed by atoms with Gasteiger partial charge in [0.1, 0.15) is 5.75 Å². The molecule has 0 bridgehead atoms. The summed E-state index contributed by atoms with van der Waals surface area (Å²) in [6.07, 6.45) is 1.41.